The van der Waals surface area contributed by atoms with Crippen LogP contribution >= 0.6 is 0 Å². The largest absolute Gasteiger partial charge is 0.310 e. The molecular weight excluding hydrogens is 867 g/mol. The highest BCUT2D eigenvalue weighted by Gasteiger charge is 2.36. The first-order chi connectivity index (χ1) is 33.6. The summed E-state index contributed by atoms with van der Waals surface area (Å²) >= 11 is 0. The molecule has 0 fully saturated rings. The van der Waals surface area contributed by atoms with Crippen molar-refractivity contribution < 1.29 is 0 Å². The molecule has 0 bridgehead atoms. The van der Waals surface area contributed by atoms with Crippen molar-refractivity contribution in [2.45, 2.75) is 150 Å². The molecule has 0 atom stereocenters. The summed E-state index contributed by atoms with van der Waals surface area (Å²) in [5.74, 6) is 0. The predicted molar refractivity (Wildman–Crippen MR) is 314 cm³/mol. The van der Waals surface area contributed by atoms with Crippen LogP contribution in [0.15, 0.2) is 170 Å². The lowest BCUT2D eigenvalue weighted by atomic mass is 9.78. The Labute approximate surface area is 434 Å². The second-order valence-corrected chi connectivity index (χ2v) is 26.6. The monoisotopic (exact) mass is 946 g/mol. The van der Waals surface area contributed by atoms with Crippen LogP contribution in [0.2, 0.25) is 0 Å². The van der Waals surface area contributed by atoms with Gasteiger partial charge in [0.05, 0.1) is 0 Å². The van der Waals surface area contributed by atoms with Gasteiger partial charge in [-0.25, -0.2) is 0 Å². The van der Waals surface area contributed by atoms with Crippen molar-refractivity contribution in [1.82, 2.24) is 0 Å². The van der Waals surface area contributed by atoms with Crippen molar-refractivity contribution in [2.24, 2.45) is 0 Å². The first kappa shape index (κ1) is 50.5. The van der Waals surface area contributed by atoms with Crippen LogP contribution in [0.3, 0.4) is 0 Å². The van der Waals surface area contributed by atoms with E-state index in [1.807, 2.05) is 0 Å². The smallest absolute Gasteiger partial charge is 0.0470 e. The highest BCUT2D eigenvalue weighted by atomic mass is 15.1. The first-order valence-corrected chi connectivity index (χ1v) is 26.4. The van der Waals surface area contributed by atoms with Crippen LogP contribution in [0.1, 0.15) is 157 Å². The van der Waals surface area contributed by atoms with Gasteiger partial charge < -0.3 is 4.90 Å². The maximum atomic E-state index is 2.50. The average Bonchev–Trinajstić information content (AvgIpc) is 3.55. The lowest BCUT2D eigenvalue weighted by Crippen LogP contribution is -2.17. The predicted octanol–water partition coefficient (Wildman–Crippen LogP) is 20.6. The van der Waals surface area contributed by atoms with Crippen molar-refractivity contribution in [2.75, 3.05) is 4.90 Å². The van der Waals surface area contributed by atoms with E-state index in [2.05, 4.69) is 292 Å². The minimum atomic E-state index is -0.137. The van der Waals surface area contributed by atoms with Crippen molar-refractivity contribution in [3.8, 4) is 55.6 Å². The van der Waals surface area contributed by atoms with Gasteiger partial charge in [0.2, 0.25) is 0 Å². The van der Waals surface area contributed by atoms with Gasteiger partial charge >= 0.3 is 0 Å². The number of hydrogen-bond acceptors (Lipinski definition) is 1. The summed E-state index contributed by atoms with van der Waals surface area (Å²) in [4.78, 5) is 2.50. The SMILES string of the molecule is CC(C)(C)c1cccc(-c2cccc(N(c3cc(-c4ccc(-c5cc(-c6cc(C(C)(C)C)cc(C(C)(C)C)c6)cc(C(C)(C)C)c5)cc4)cc(C(C)(C)C)c3)c3ccc4c(c3)C(C)(C)c3ccccc3-4)c2)c1. The van der Waals surface area contributed by atoms with E-state index < -0.39 is 0 Å². The molecule has 0 N–H and O–H groups in total. The summed E-state index contributed by atoms with van der Waals surface area (Å²) in [5, 5.41) is 0. The van der Waals surface area contributed by atoms with Gasteiger partial charge in [0.25, 0.3) is 0 Å². The van der Waals surface area contributed by atoms with Crippen molar-refractivity contribution in [3.05, 3.63) is 209 Å². The van der Waals surface area contributed by atoms with Gasteiger partial charge in [-0.05, 0) is 164 Å². The summed E-state index contributed by atoms with van der Waals surface area (Å²) in [5.41, 5.74) is 25.2. The van der Waals surface area contributed by atoms with Crippen LogP contribution in [-0.4, -0.2) is 0 Å². The molecule has 0 saturated heterocycles. The summed E-state index contributed by atoms with van der Waals surface area (Å²) in [7, 11) is 0. The third-order valence-corrected chi connectivity index (χ3v) is 15.4. The Bertz CT molecular complexity index is 3290. The molecule has 0 unspecified atom stereocenters. The zero-order chi connectivity index (χ0) is 51.9. The van der Waals surface area contributed by atoms with Crippen LogP contribution in [-0.2, 0) is 32.5 Å². The molecule has 72 heavy (non-hydrogen) atoms. The van der Waals surface area contributed by atoms with Gasteiger partial charge in [-0.3, -0.25) is 0 Å². The number of benzene rings is 8. The van der Waals surface area contributed by atoms with E-state index in [1.54, 1.807) is 0 Å². The van der Waals surface area contributed by atoms with Gasteiger partial charge in [0.1, 0.15) is 0 Å². The molecular formula is C71H79N. The molecule has 0 aliphatic heterocycles. The highest BCUT2D eigenvalue weighted by Crippen LogP contribution is 2.51. The normalized spacial score (nSPS) is 13.7. The summed E-state index contributed by atoms with van der Waals surface area (Å²) in [6, 6.07) is 65.5. The Balaban J connectivity index is 1.19. The second kappa shape index (κ2) is 17.9. The van der Waals surface area contributed by atoms with E-state index in [-0.39, 0.29) is 32.5 Å². The number of fused-ring (bicyclic) bond motifs is 3. The van der Waals surface area contributed by atoms with E-state index in [0.717, 1.165) is 17.1 Å². The number of hydrogen-bond donors (Lipinski definition) is 0. The minimum absolute atomic E-state index is 0.0244. The van der Waals surface area contributed by atoms with Gasteiger partial charge in [-0.15, -0.1) is 0 Å². The Hall–Kier alpha value is -6.44. The van der Waals surface area contributed by atoms with E-state index in [9.17, 15) is 0 Å². The van der Waals surface area contributed by atoms with E-state index >= 15 is 0 Å². The lowest BCUT2D eigenvalue weighted by molar-refractivity contribution is 0.569. The molecule has 0 aromatic heterocycles. The molecule has 9 rings (SSSR count). The van der Waals surface area contributed by atoms with Gasteiger partial charge in [0.15, 0.2) is 0 Å². The van der Waals surface area contributed by atoms with Crippen LogP contribution < -0.4 is 4.90 Å². The van der Waals surface area contributed by atoms with Crippen molar-refractivity contribution in [1.29, 1.82) is 0 Å². The van der Waals surface area contributed by atoms with Crippen molar-refractivity contribution in [3.63, 3.8) is 0 Å². The summed E-state index contributed by atoms with van der Waals surface area (Å²) in [6.07, 6.45) is 0. The number of rotatable bonds is 7. The molecule has 1 heteroatoms. The topological polar surface area (TPSA) is 3.24 Å². The first-order valence-electron chi connectivity index (χ1n) is 26.4. The third kappa shape index (κ3) is 10.0. The lowest BCUT2D eigenvalue weighted by Gasteiger charge is -2.31. The summed E-state index contributed by atoms with van der Waals surface area (Å²) in [6.45, 7) is 39.6. The molecule has 0 radical (unpaired) electrons. The fourth-order valence-corrected chi connectivity index (χ4v) is 10.5. The Morgan fingerprint density at radius 3 is 1.22 bits per heavy atom. The third-order valence-electron chi connectivity index (χ3n) is 15.4. The Morgan fingerprint density at radius 1 is 0.264 bits per heavy atom. The Kier molecular flexibility index (Phi) is 12.6. The van der Waals surface area contributed by atoms with Crippen LogP contribution in [0.5, 0.6) is 0 Å². The molecule has 8 aromatic carbocycles. The van der Waals surface area contributed by atoms with Gasteiger partial charge in [0, 0.05) is 22.5 Å². The van der Waals surface area contributed by atoms with Crippen LogP contribution in [0.4, 0.5) is 17.1 Å². The molecule has 0 heterocycles. The molecule has 0 amide bonds. The van der Waals surface area contributed by atoms with Crippen LogP contribution in [0, 0.1) is 0 Å². The Morgan fingerprint density at radius 2 is 0.667 bits per heavy atom. The van der Waals surface area contributed by atoms with Crippen LogP contribution in [0.25, 0.3) is 55.6 Å². The zero-order valence-corrected chi connectivity index (χ0v) is 46.6. The fraction of sp³-hybridized carbons (Fsp3) is 0.324. The van der Waals surface area contributed by atoms with E-state index in [4.69, 9.17) is 0 Å². The van der Waals surface area contributed by atoms with E-state index in [1.165, 1.54) is 94.6 Å². The molecule has 0 saturated carbocycles. The average molecular weight is 946 g/mol. The zero-order valence-electron chi connectivity index (χ0n) is 46.6. The maximum absolute atomic E-state index is 2.50. The molecule has 368 valence electrons. The molecule has 1 aliphatic carbocycles. The highest BCUT2D eigenvalue weighted by molar-refractivity contribution is 5.88. The summed E-state index contributed by atoms with van der Waals surface area (Å²) < 4.78 is 0. The minimum Gasteiger partial charge on any atom is -0.310 e. The molecule has 1 nitrogen and oxygen atoms in total. The second-order valence-electron chi connectivity index (χ2n) is 26.6. The fourth-order valence-electron chi connectivity index (χ4n) is 10.5. The number of nitrogens with zero attached hydrogens (tertiary/aromatic N) is 1. The standard InChI is InChI=1S/C71H79N/c1-66(2,3)54-24-20-22-48(35-54)49-23-21-25-59(41-49)72(60-32-33-63-62-26-18-19-27-64(62)71(16,17)65(63)45-60)61-42-53(40-58(44-61)70(13,14)15)47-30-28-46(29-31-47)50-34-51(37-55(36-50)67(4,5)6)52-38-56(68(7,8)9)43-57(39-52)69(10,11)12/h18-45H,1-17H3. The quantitative estimate of drug-likeness (QED) is 0.154. The van der Waals surface area contributed by atoms with Gasteiger partial charge in [-0.2, -0.15) is 0 Å². The maximum Gasteiger partial charge on any atom is 0.0470 e. The molecule has 0 spiro atoms. The molecule has 8 aromatic rings. The number of anilines is 3. The van der Waals surface area contributed by atoms with Crippen molar-refractivity contribution >= 4 is 17.1 Å². The molecule has 1 aliphatic rings. The van der Waals surface area contributed by atoms with Gasteiger partial charge in [-0.1, -0.05) is 245 Å². The van der Waals surface area contributed by atoms with E-state index in [0.29, 0.717) is 0 Å².